The molecule has 6 nitrogen and oxygen atoms in total. The largest absolute Gasteiger partial charge is 0.449 e. The molecule has 0 saturated carbocycles. The average Bonchev–Trinajstić information content (AvgIpc) is 2.93. The highest BCUT2D eigenvalue weighted by atomic mass is 32.2. The molecule has 22 heavy (non-hydrogen) atoms. The van der Waals surface area contributed by atoms with E-state index in [9.17, 15) is 14.4 Å². The van der Waals surface area contributed by atoms with Crippen LogP contribution in [0.3, 0.4) is 0 Å². The lowest BCUT2D eigenvalue weighted by Crippen LogP contribution is -2.41. The molecule has 0 aromatic heterocycles. The fourth-order valence-electron chi connectivity index (χ4n) is 2.09. The molecule has 1 saturated heterocycles. The Morgan fingerprint density at radius 1 is 1.41 bits per heavy atom. The summed E-state index contributed by atoms with van der Waals surface area (Å²) in [6, 6.07) is 6.65. The summed E-state index contributed by atoms with van der Waals surface area (Å²) in [5.41, 5.74) is 0.430. The Bertz CT molecular complexity index is 591. The van der Waals surface area contributed by atoms with Gasteiger partial charge >= 0.3 is 12.0 Å². The number of nitrogens with zero attached hydrogens (tertiary/aromatic N) is 1. The van der Waals surface area contributed by atoms with Crippen molar-refractivity contribution in [2.45, 2.75) is 24.8 Å². The third kappa shape index (κ3) is 3.59. The number of carbonyl (C=O) groups is 3. The third-order valence-electron chi connectivity index (χ3n) is 3.16. The van der Waals surface area contributed by atoms with Crippen molar-refractivity contribution in [3.63, 3.8) is 0 Å². The summed E-state index contributed by atoms with van der Waals surface area (Å²) in [6.45, 7) is 4.18. The first-order valence-electron chi connectivity index (χ1n) is 7.06. The number of hydrogen-bond donors (Lipinski definition) is 1. The lowest BCUT2D eigenvalue weighted by Gasteiger charge is -2.18. The van der Waals surface area contributed by atoms with E-state index in [0.29, 0.717) is 18.7 Å². The van der Waals surface area contributed by atoms with Gasteiger partial charge in [0.1, 0.15) is 0 Å². The summed E-state index contributed by atoms with van der Waals surface area (Å²) in [6.07, 6.45) is -1.00. The third-order valence-corrected chi connectivity index (χ3v) is 4.12. The zero-order valence-electron chi connectivity index (χ0n) is 12.5. The van der Waals surface area contributed by atoms with Crippen LogP contribution in [0.25, 0.3) is 0 Å². The second-order valence-corrected chi connectivity index (χ2v) is 6.00. The van der Waals surface area contributed by atoms with Crippen molar-refractivity contribution in [2.75, 3.05) is 18.8 Å². The van der Waals surface area contributed by atoms with Crippen LogP contribution in [0.1, 0.15) is 24.2 Å². The van der Waals surface area contributed by atoms with E-state index in [2.05, 4.69) is 5.32 Å². The van der Waals surface area contributed by atoms with Gasteiger partial charge in [0.05, 0.1) is 5.56 Å². The fraction of sp³-hybridized carbons (Fsp3) is 0.400. The van der Waals surface area contributed by atoms with Gasteiger partial charge in [-0.05, 0) is 24.8 Å². The van der Waals surface area contributed by atoms with E-state index in [4.69, 9.17) is 4.74 Å². The fourth-order valence-corrected chi connectivity index (χ4v) is 2.89. The second kappa shape index (κ2) is 7.31. The van der Waals surface area contributed by atoms with E-state index in [1.165, 1.54) is 18.7 Å². The normalized spacial score (nSPS) is 15.4. The molecule has 2 rings (SSSR count). The molecule has 7 heteroatoms. The highest BCUT2D eigenvalue weighted by Gasteiger charge is 2.32. The maximum Gasteiger partial charge on any atom is 0.340 e. The van der Waals surface area contributed by atoms with Crippen molar-refractivity contribution in [1.82, 2.24) is 10.2 Å². The lowest BCUT2D eigenvalue weighted by atomic mass is 10.2. The highest BCUT2D eigenvalue weighted by Crippen LogP contribution is 2.23. The molecule has 1 aliphatic heterocycles. The van der Waals surface area contributed by atoms with E-state index in [1.807, 2.05) is 19.1 Å². The zero-order valence-corrected chi connectivity index (χ0v) is 13.3. The number of ether oxygens (including phenoxy) is 1. The van der Waals surface area contributed by atoms with Gasteiger partial charge in [0.2, 0.25) is 0 Å². The van der Waals surface area contributed by atoms with Crippen LogP contribution in [0.15, 0.2) is 29.2 Å². The molecule has 1 atom stereocenters. The number of amides is 3. The van der Waals surface area contributed by atoms with Gasteiger partial charge in [-0.15, -0.1) is 11.8 Å². The number of esters is 1. The van der Waals surface area contributed by atoms with Crippen molar-refractivity contribution < 1.29 is 19.1 Å². The molecule has 1 N–H and O–H groups in total. The molecule has 0 spiro atoms. The number of hydrogen-bond acceptors (Lipinski definition) is 5. The molecule has 0 unspecified atom stereocenters. The first-order valence-corrected chi connectivity index (χ1v) is 8.05. The van der Waals surface area contributed by atoms with Gasteiger partial charge in [0, 0.05) is 18.0 Å². The van der Waals surface area contributed by atoms with Crippen LogP contribution in [0.5, 0.6) is 0 Å². The summed E-state index contributed by atoms with van der Waals surface area (Å²) in [7, 11) is 0. The van der Waals surface area contributed by atoms with Gasteiger partial charge in [-0.1, -0.05) is 19.1 Å². The van der Waals surface area contributed by atoms with Crippen molar-refractivity contribution >= 4 is 29.7 Å². The average molecular weight is 322 g/mol. The Morgan fingerprint density at radius 3 is 2.77 bits per heavy atom. The van der Waals surface area contributed by atoms with E-state index in [1.54, 1.807) is 12.1 Å². The molecule has 118 valence electrons. The first-order chi connectivity index (χ1) is 10.5. The SMILES string of the molecule is CCSc1ccccc1C(=O)O[C@H](C)C(=O)N1CCNC1=O. The van der Waals surface area contributed by atoms with Crippen LogP contribution >= 0.6 is 11.8 Å². The van der Waals surface area contributed by atoms with Crippen molar-refractivity contribution in [3.8, 4) is 0 Å². The molecule has 0 aliphatic carbocycles. The van der Waals surface area contributed by atoms with Crippen molar-refractivity contribution in [2.24, 2.45) is 0 Å². The zero-order chi connectivity index (χ0) is 16.1. The minimum Gasteiger partial charge on any atom is -0.449 e. The molecule has 0 radical (unpaired) electrons. The molecule has 1 aliphatic rings. The van der Waals surface area contributed by atoms with Crippen LogP contribution in [0, 0.1) is 0 Å². The van der Waals surface area contributed by atoms with Crippen LogP contribution in [-0.4, -0.2) is 47.8 Å². The van der Waals surface area contributed by atoms with E-state index in [-0.39, 0.29) is 0 Å². The summed E-state index contributed by atoms with van der Waals surface area (Å²) in [5.74, 6) is -0.242. The first kappa shape index (κ1) is 16.4. The number of carbonyl (C=O) groups excluding carboxylic acids is 3. The Balaban J connectivity index is 2.05. The number of thioether (sulfide) groups is 1. The Hall–Kier alpha value is -2.02. The van der Waals surface area contributed by atoms with Gasteiger partial charge in [0.25, 0.3) is 5.91 Å². The number of urea groups is 1. The van der Waals surface area contributed by atoms with Crippen LogP contribution in [0.4, 0.5) is 4.79 Å². The van der Waals surface area contributed by atoms with Gasteiger partial charge < -0.3 is 10.1 Å². The predicted molar refractivity (Wildman–Crippen MR) is 82.8 cm³/mol. The van der Waals surface area contributed by atoms with E-state index < -0.39 is 24.0 Å². The number of nitrogens with one attached hydrogen (secondary N) is 1. The summed E-state index contributed by atoms with van der Waals surface area (Å²) < 4.78 is 5.22. The van der Waals surface area contributed by atoms with Crippen molar-refractivity contribution in [3.05, 3.63) is 29.8 Å². The molecular formula is C15H18N2O4S. The maximum absolute atomic E-state index is 12.2. The molecule has 0 bridgehead atoms. The monoisotopic (exact) mass is 322 g/mol. The number of rotatable bonds is 5. The summed E-state index contributed by atoms with van der Waals surface area (Å²) in [4.78, 5) is 37.7. The molecule has 1 heterocycles. The van der Waals surface area contributed by atoms with E-state index in [0.717, 1.165) is 15.5 Å². The second-order valence-electron chi connectivity index (χ2n) is 4.70. The standard InChI is InChI=1S/C15H18N2O4S/c1-3-22-12-7-5-4-6-11(12)14(19)21-10(2)13(18)17-9-8-16-15(17)20/h4-7,10H,3,8-9H2,1-2H3,(H,16,20)/t10-/m1/s1. The van der Waals surface area contributed by atoms with Crippen molar-refractivity contribution in [1.29, 1.82) is 0 Å². The summed E-state index contributed by atoms with van der Waals surface area (Å²) in [5, 5.41) is 2.54. The Morgan fingerprint density at radius 2 is 2.14 bits per heavy atom. The molecule has 1 fully saturated rings. The number of benzene rings is 1. The maximum atomic E-state index is 12.2. The topological polar surface area (TPSA) is 75.7 Å². The van der Waals surface area contributed by atoms with Gasteiger partial charge in [0.15, 0.2) is 6.10 Å². The van der Waals surface area contributed by atoms with Crippen LogP contribution < -0.4 is 5.32 Å². The molecule has 1 aromatic rings. The minimum absolute atomic E-state index is 0.293. The minimum atomic E-state index is -1.00. The van der Waals surface area contributed by atoms with E-state index >= 15 is 0 Å². The predicted octanol–water partition coefficient (Wildman–Crippen LogP) is 1.90. The quantitative estimate of drug-likeness (QED) is 0.662. The summed E-state index contributed by atoms with van der Waals surface area (Å²) >= 11 is 1.53. The lowest BCUT2D eigenvalue weighted by molar-refractivity contribution is -0.136. The Kier molecular flexibility index (Phi) is 5.43. The molecular weight excluding hydrogens is 304 g/mol. The molecule has 1 aromatic carbocycles. The number of imide groups is 1. The van der Waals surface area contributed by atoms with Crippen LogP contribution in [0.2, 0.25) is 0 Å². The van der Waals surface area contributed by atoms with Gasteiger partial charge in [-0.3, -0.25) is 9.69 Å². The Labute approximate surface area is 133 Å². The smallest absolute Gasteiger partial charge is 0.340 e. The molecule has 3 amide bonds. The van der Waals surface area contributed by atoms with Gasteiger partial charge in [-0.2, -0.15) is 0 Å². The van der Waals surface area contributed by atoms with Gasteiger partial charge in [-0.25, -0.2) is 9.59 Å². The highest BCUT2D eigenvalue weighted by molar-refractivity contribution is 7.99. The van der Waals surface area contributed by atoms with Crippen LogP contribution in [-0.2, 0) is 9.53 Å².